The molecule has 9 nitrogen and oxygen atoms in total. The normalized spacial score (nSPS) is 12.6. The molecule has 1 aromatic heterocycles. The predicted octanol–water partition coefficient (Wildman–Crippen LogP) is 6.78. The summed E-state index contributed by atoms with van der Waals surface area (Å²) in [7, 11) is 2.37. The fourth-order valence-electron chi connectivity index (χ4n) is 5.47. The summed E-state index contributed by atoms with van der Waals surface area (Å²) in [5.74, 6) is -2.35. The maximum absolute atomic E-state index is 14.7. The topological polar surface area (TPSA) is 118 Å². The first-order chi connectivity index (χ1) is 22.9. The average Bonchev–Trinajstić information content (AvgIpc) is 3.42. The van der Waals surface area contributed by atoms with E-state index in [2.05, 4.69) is 4.74 Å². The number of imide groups is 1. The van der Waals surface area contributed by atoms with E-state index in [-0.39, 0.29) is 25.1 Å². The maximum atomic E-state index is 14.7. The van der Waals surface area contributed by atoms with Crippen LogP contribution in [-0.2, 0) is 20.8 Å². The van der Waals surface area contributed by atoms with Gasteiger partial charge in [0.25, 0.3) is 5.91 Å². The molecular weight excluding hydrogens is 622 g/mol. The number of rotatable bonds is 12. The molecule has 0 aliphatic carbocycles. The SMILES string of the molecule is COC(=O)CC(O)CC(O)C=Cc1c(-c2ccc(F)cc2)c(-c2ccc(F)cc2)c(C(=O)N(Cc2ccccc2)C(=O)OC)n1C(C)C. The number of halogens is 2. The third-order valence-electron chi connectivity index (χ3n) is 7.67. The molecule has 4 rings (SSSR count). The second-order valence-electron chi connectivity index (χ2n) is 11.4. The lowest BCUT2D eigenvalue weighted by Crippen LogP contribution is -2.38. The fraction of sp³-hybridized carbons (Fsp3) is 0.270. The minimum absolute atomic E-state index is 0.0668. The number of carbonyl (C=O) groups is 3. The Labute approximate surface area is 277 Å². The van der Waals surface area contributed by atoms with Crippen molar-refractivity contribution >= 4 is 24.0 Å². The molecule has 0 saturated heterocycles. The largest absolute Gasteiger partial charge is 0.469 e. The van der Waals surface area contributed by atoms with E-state index < -0.39 is 47.9 Å². The Bertz CT molecular complexity index is 1750. The predicted molar refractivity (Wildman–Crippen MR) is 177 cm³/mol. The lowest BCUT2D eigenvalue weighted by atomic mass is 9.94. The number of carbonyl (C=O) groups excluding carboxylic acids is 3. The number of hydrogen-bond donors (Lipinski definition) is 2. The van der Waals surface area contributed by atoms with Crippen molar-refractivity contribution in [3.8, 4) is 22.3 Å². The molecule has 2 unspecified atom stereocenters. The molecule has 4 aromatic rings. The van der Waals surface area contributed by atoms with Gasteiger partial charge in [0.15, 0.2) is 0 Å². The molecule has 3 aromatic carbocycles. The van der Waals surface area contributed by atoms with Crippen LogP contribution in [0, 0.1) is 11.6 Å². The average molecular weight is 661 g/mol. The van der Waals surface area contributed by atoms with Gasteiger partial charge < -0.3 is 24.3 Å². The van der Waals surface area contributed by atoms with Gasteiger partial charge in [-0.15, -0.1) is 0 Å². The second kappa shape index (κ2) is 16.1. The highest BCUT2D eigenvalue weighted by atomic mass is 19.1. The smallest absolute Gasteiger partial charge is 0.416 e. The number of aliphatic hydroxyl groups excluding tert-OH is 2. The van der Waals surface area contributed by atoms with Crippen molar-refractivity contribution < 1.29 is 42.9 Å². The second-order valence-corrected chi connectivity index (χ2v) is 11.4. The Morgan fingerprint density at radius 2 is 1.40 bits per heavy atom. The summed E-state index contributed by atoms with van der Waals surface area (Å²) < 4.78 is 39.7. The van der Waals surface area contributed by atoms with Gasteiger partial charge in [-0.3, -0.25) is 9.59 Å². The molecule has 0 aliphatic heterocycles. The standard InChI is InChI=1S/C37H38F2N2O7/c1-23(2)41-31(19-18-29(42)20-30(43)21-32(44)47-3)33(25-10-14-27(38)15-11-25)34(26-12-16-28(39)17-13-26)35(41)36(45)40(37(46)48-4)22-24-8-6-5-7-9-24/h5-19,23,29-30,42-43H,20-22H2,1-4H3. The van der Waals surface area contributed by atoms with Crippen LogP contribution in [0.15, 0.2) is 84.9 Å². The van der Waals surface area contributed by atoms with Gasteiger partial charge in [-0.05, 0) is 60.9 Å². The third-order valence-corrected chi connectivity index (χ3v) is 7.67. The molecule has 48 heavy (non-hydrogen) atoms. The van der Waals surface area contributed by atoms with Gasteiger partial charge >= 0.3 is 12.1 Å². The first-order valence-corrected chi connectivity index (χ1v) is 15.3. The van der Waals surface area contributed by atoms with Crippen molar-refractivity contribution in [2.75, 3.05) is 14.2 Å². The highest BCUT2D eigenvalue weighted by Crippen LogP contribution is 2.43. The van der Waals surface area contributed by atoms with Crippen molar-refractivity contribution in [2.45, 2.75) is 51.5 Å². The summed E-state index contributed by atoms with van der Waals surface area (Å²) in [6, 6.07) is 19.6. The number of methoxy groups -OCH3 is 2. The molecule has 2 atom stereocenters. The monoisotopic (exact) mass is 660 g/mol. The van der Waals surface area contributed by atoms with Crippen LogP contribution in [-0.4, -0.2) is 64.1 Å². The molecule has 0 bridgehead atoms. The van der Waals surface area contributed by atoms with Crippen LogP contribution in [0.1, 0.15) is 54.5 Å². The zero-order valence-electron chi connectivity index (χ0n) is 27.1. The van der Waals surface area contributed by atoms with Gasteiger partial charge in [0.1, 0.15) is 17.3 Å². The van der Waals surface area contributed by atoms with Gasteiger partial charge in [-0.25, -0.2) is 18.5 Å². The maximum Gasteiger partial charge on any atom is 0.416 e. The quantitative estimate of drug-likeness (QED) is 0.161. The van der Waals surface area contributed by atoms with Gasteiger partial charge in [0, 0.05) is 29.3 Å². The zero-order chi connectivity index (χ0) is 35.0. The highest BCUT2D eigenvalue weighted by Gasteiger charge is 2.34. The molecule has 0 radical (unpaired) electrons. The van der Waals surface area contributed by atoms with E-state index in [0.29, 0.717) is 33.5 Å². The van der Waals surface area contributed by atoms with Crippen LogP contribution in [0.25, 0.3) is 28.3 Å². The Balaban J connectivity index is 2.01. The van der Waals surface area contributed by atoms with Crippen LogP contribution in [0.3, 0.4) is 0 Å². The number of benzene rings is 3. The van der Waals surface area contributed by atoms with E-state index in [1.54, 1.807) is 41.0 Å². The molecule has 252 valence electrons. The number of aromatic nitrogens is 1. The van der Waals surface area contributed by atoms with E-state index in [0.717, 1.165) is 4.90 Å². The molecule has 1 heterocycles. The summed E-state index contributed by atoms with van der Waals surface area (Å²) in [5.41, 5.74) is 2.85. The summed E-state index contributed by atoms with van der Waals surface area (Å²) in [5, 5.41) is 21.2. The van der Waals surface area contributed by atoms with Crippen molar-refractivity contribution in [1.29, 1.82) is 0 Å². The first-order valence-electron chi connectivity index (χ1n) is 15.3. The number of nitrogens with zero attached hydrogens (tertiary/aromatic N) is 2. The number of aliphatic hydroxyl groups is 2. The number of amides is 2. The van der Waals surface area contributed by atoms with E-state index in [4.69, 9.17) is 4.74 Å². The minimum Gasteiger partial charge on any atom is -0.469 e. The van der Waals surface area contributed by atoms with Crippen LogP contribution in [0.2, 0.25) is 0 Å². The Morgan fingerprint density at radius 3 is 1.92 bits per heavy atom. The van der Waals surface area contributed by atoms with Crippen molar-refractivity contribution in [2.24, 2.45) is 0 Å². The van der Waals surface area contributed by atoms with E-state index in [1.165, 1.54) is 68.8 Å². The van der Waals surface area contributed by atoms with Crippen LogP contribution >= 0.6 is 0 Å². The Morgan fingerprint density at radius 1 is 0.833 bits per heavy atom. The molecule has 11 heteroatoms. The Kier molecular flexibility index (Phi) is 12.0. The lowest BCUT2D eigenvalue weighted by Gasteiger charge is -2.23. The number of hydrogen-bond acceptors (Lipinski definition) is 7. The summed E-state index contributed by atoms with van der Waals surface area (Å²) >= 11 is 0. The number of ether oxygens (including phenoxy) is 2. The van der Waals surface area contributed by atoms with Crippen LogP contribution in [0.4, 0.5) is 13.6 Å². The minimum atomic E-state index is -1.22. The Hall–Kier alpha value is -5.13. The summed E-state index contributed by atoms with van der Waals surface area (Å²) in [6.45, 7) is 3.53. The van der Waals surface area contributed by atoms with Gasteiger partial charge in [-0.2, -0.15) is 0 Å². The first kappa shape index (κ1) is 35.7. The van der Waals surface area contributed by atoms with E-state index in [9.17, 15) is 33.4 Å². The summed E-state index contributed by atoms with van der Waals surface area (Å²) in [4.78, 5) is 40.5. The molecular formula is C37H38F2N2O7. The molecule has 0 aliphatic rings. The fourth-order valence-corrected chi connectivity index (χ4v) is 5.47. The van der Waals surface area contributed by atoms with Gasteiger partial charge in [0.2, 0.25) is 0 Å². The summed E-state index contributed by atoms with van der Waals surface area (Å²) in [6.07, 6.45) is -0.847. The van der Waals surface area contributed by atoms with E-state index in [1.807, 2.05) is 13.8 Å². The zero-order valence-corrected chi connectivity index (χ0v) is 27.1. The lowest BCUT2D eigenvalue weighted by molar-refractivity contribution is -0.143. The number of esters is 1. The van der Waals surface area contributed by atoms with Crippen LogP contribution in [0.5, 0.6) is 0 Å². The highest BCUT2D eigenvalue weighted by molar-refractivity contribution is 6.10. The molecule has 0 saturated carbocycles. The molecule has 0 spiro atoms. The van der Waals surface area contributed by atoms with Crippen molar-refractivity contribution in [1.82, 2.24) is 9.47 Å². The van der Waals surface area contributed by atoms with E-state index >= 15 is 0 Å². The molecule has 0 fully saturated rings. The molecule has 2 amide bonds. The molecule has 2 N–H and O–H groups in total. The van der Waals surface area contributed by atoms with Crippen LogP contribution < -0.4 is 0 Å². The third kappa shape index (κ3) is 8.41. The van der Waals surface area contributed by atoms with Crippen molar-refractivity contribution in [3.63, 3.8) is 0 Å². The van der Waals surface area contributed by atoms with Gasteiger partial charge in [-0.1, -0.05) is 60.7 Å². The van der Waals surface area contributed by atoms with Gasteiger partial charge in [0.05, 0.1) is 39.4 Å². The van der Waals surface area contributed by atoms with Crippen molar-refractivity contribution in [3.05, 3.63) is 114 Å².